The zero-order chi connectivity index (χ0) is 21.3. The quantitative estimate of drug-likeness (QED) is 0.362. The number of nitrogens with zero attached hydrogens (tertiary/aromatic N) is 1. The Morgan fingerprint density at radius 3 is 2.23 bits per heavy atom. The summed E-state index contributed by atoms with van der Waals surface area (Å²) in [6.07, 6.45) is -4.72. The van der Waals surface area contributed by atoms with Crippen molar-refractivity contribution in [3.8, 4) is 5.75 Å². The first kappa shape index (κ1) is 20.0. The van der Waals surface area contributed by atoms with Crippen LogP contribution >= 0.6 is 12.2 Å². The number of benzene rings is 3. The van der Waals surface area contributed by atoms with Crippen LogP contribution in [0.15, 0.2) is 66.7 Å². The molecule has 0 aliphatic heterocycles. The summed E-state index contributed by atoms with van der Waals surface area (Å²) in [5.74, 6) is -0.287. The number of rotatable bonds is 4. The van der Waals surface area contributed by atoms with Gasteiger partial charge < -0.3 is 19.9 Å². The van der Waals surface area contributed by atoms with Crippen LogP contribution in [-0.4, -0.2) is 16.0 Å². The number of hydrogen-bond acceptors (Lipinski definition) is 2. The Labute approximate surface area is 176 Å². The molecule has 0 bridgehead atoms. The zero-order valence-electron chi connectivity index (χ0n) is 16.0. The molecular formula is C22H18F3N3OS. The second-order valence-corrected chi connectivity index (χ2v) is 7.05. The molecule has 0 saturated carbocycles. The maximum atomic E-state index is 12.3. The van der Waals surface area contributed by atoms with E-state index in [0.717, 1.165) is 28.5 Å². The van der Waals surface area contributed by atoms with Crippen molar-refractivity contribution in [1.82, 2.24) is 4.57 Å². The van der Waals surface area contributed by atoms with Gasteiger partial charge in [-0.2, -0.15) is 0 Å². The first-order chi connectivity index (χ1) is 14.3. The summed E-state index contributed by atoms with van der Waals surface area (Å²) in [5.41, 5.74) is 3.68. The molecular weight excluding hydrogens is 411 g/mol. The summed E-state index contributed by atoms with van der Waals surface area (Å²) in [4.78, 5) is 0. The number of nitrogens with one attached hydrogen (secondary N) is 2. The lowest BCUT2D eigenvalue weighted by Gasteiger charge is -2.12. The van der Waals surface area contributed by atoms with E-state index in [9.17, 15) is 13.2 Å². The Morgan fingerprint density at radius 2 is 1.53 bits per heavy atom. The first-order valence-electron chi connectivity index (χ1n) is 9.29. The molecule has 0 spiro atoms. The van der Waals surface area contributed by atoms with Gasteiger partial charge in [0.05, 0.1) is 0 Å². The van der Waals surface area contributed by atoms with Crippen LogP contribution in [0.4, 0.5) is 24.5 Å². The highest BCUT2D eigenvalue weighted by molar-refractivity contribution is 7.80. The van der Waals surface area contributed by atoms with Crippen LogP contribution in [0.5, 0.6) is 5.75 Å². The molecule has 30 heavy (non-hydrogen) atoms. The first-order valence-corrected chi connectivity index (χ1v) is 9.69. The summed E-state index contributed by atoms with van der Waals surface area (Å²) in [5, 5.41) is 8.70. The van der Waals surface area contributed by atoms with E-state index in [2.05, 4.69) is 39.0 Å². The predicted molar refractivity (Wildman–Crippen MR) is 118 cm³/mol. The van der Waals surface area contributed by atoms with Crippen molar-refractivity contribution < 1.29 is 17.9 Å². The lowest BCUT2D eigenvalue weighted by atomic mass is 10.1. The van der Waals surface area contributed by atoms with Gasteiger partial charge in [0.1, 0.15) is 5.75 Å². The molecule has 0 aliphatic carbocycles. The average Bonchev–Trinajstić information content (AvgIpc) is 3.01. The Balaban J connectivity index is 1.51. The molecule has 0 aliphatic rings. The maximum Gasteiger partial charge on any atom is 0.573 e. The van der Waals surface area contributed by atoms with Crippen molar-refractivity contribution in [1.29, 1.82) is 0 Å². The smallest absolute Gasteiger partial charge is 0.406 e. The van der Waals surface area contributed by atoms with Crippen LogP contribution < -0.4 is 15.4 Å². The number of aryl methyl sites for hydroxylation is 1. The molecule has 1 heterocycles. The topological polar surface area (TPSA) is 38.2 Å². The number of alkyl halides is 3. The van der Waals surface area contributed by atoms with Crippen LogP contribution in [0, 0.1) is 0 Å². The summed E-state index contributed by atoms with van der Waals surface area (Å²) in [7, 11) is 0. The van der Waals surface area contributed by atoms with Crippen molar-refractivity contribution in [2.24, 2.45) is 0 Å². The van der Waals surface area contributed by atoms with Crippen molar-refractivity contribution in [3.05, 3.63) is 66.7 Å². The van der Waals surface area contributed by atoms with Crippen molar-refractivity contribution >= 4 is 50.5 Å². The van der Waals surface area contributed by atoms with Crippen molar-refractivity contribution in [2.75, 3.05) is 10.6 Å². The molecule has 0 amide bonds. The molecule has 2 N–H and O–H groups in total. The van der Waals surface area contributed by atoms with E-state index in [0.29, 0.717) is 10.8 Å². The standard InChI is InChI=1S/C22H18F3N3OS/c1-2-28-19-6-4-3-5-17(19)18-13-15(9-12-20(18)28)27-21(30)26-14-7-10-16(11-8-14)29-22(23,24)25/h3-13H,2H2,1H3,(H2,26,27,30). The number of ether oxygens (including phenoxy) is 1. The Morgan fingerprint density at radius 1 is 0.900 bits per heavy atom. The van der Waals surface area contributed by atoms with E-state index in [1.807, 2.05) is 30.3 Å². The van der Waals surface area contributed by atoms with Gasteiger partial charge in [-0.3, -0.25) is 0 Å². The largest absolute Gasteiger partial charge is 0.573 e. The maximum absolute atomic E-state index is 12.3. The number of hydrogen-bond donors (Lipinski definition) is 2. The molecule has 154 valence electrons. The number of fused-ring (bicyclic) bond motifs is 3. The number of thiocarbonyl (C=S) groups is 1. The lowest BCUT2D eigenvalue weighted by Crippen LogP contribution is -2.19. The molecule has 4 aromatic rings. The molecule has 0 fully saturated rings. The van der Waals surface area contributed by atoms with Gasteiger partial charge in [-0.05, 0) is 67.7 Å². The van der Waals surface area contributed by atoms with Gasteiger partial charge in [0.25, 0.3) is 0 Å². The van der Waals surface area contributed by atoms with E-state index < -0.39 is 6.36 Å². The van der Waals surface area contributed by atoms with Crippen LogP contribution in [0.3, 0.4) is 0 Å². The van der Waals surface area contributed by atoms with Crippen LogP contribution in [0.1, 0.15) is 6.92 Å². The van der Waals surface area contributed by atoms with Crippen LogP contribution in [-0.2, 0) is 6.54 Å². The van der Waals surface area contributed by atoms with E-state index in [-0.39, 0.29) is 5.75 Å². The molecule has 0 radical (unpaired) electrons. The van der Waals surface area contributed by atoms with Crippen LogP contribution in [0.25, 0.3) is 21.8 Å². The Kier molecular flexibility index (Phi) is 5.26. The number of anilines is 2. The monoisotopic (exact) mass is 429 g/mol. The minimum absolute atomic E-state index is 0.287. The average molecular weight is 429 g/mol. The third kappa shape index (κ3) is 4.18. The fourth-order valence-electron chi connectivity index (χ4n) is 3.51. The van der Waals surface area contributed by atoms with Gasteiger partial charge in [-0.25, -0.2) is 0 Å². The van der Waals surface area contributed by atoms with Gasteiger partial charge >= 0.3 is 6.36 Å². The summed E-state index contributed by atoms with van der Waals surface area (Å²) >= 11 is 5.35. The summed E-state index contributed by atoms with van der Waals surface area (Å²) < 4.78 is 42.9. The van der Waals surface area contributed by atoms with E-state index in [1.165, 1.54) is 29.8 Å². The molecule has 0 unspecified atom stereocenters. The van der Waals surface area contributed by atoms with E-state index in [1.54, 1.807) is 0 Å². The van der Waals surface area contributed by atoms with E-state index >= 15 is 0 Å². The molecule has 4 rings (SSSR count). The molecule has 4 nitrogen and oxygen atoms in total. The van der Waals surface area contributed by atoms with Gasteiger partial charge in [0.15, 0.2) is 5.11 Å². The highest BCUT2D eigenvalue weighted by Crippen LogP contribution is 2.31. The van der Waals surface area contributed by atoms with Crippen LogP contribution in [0.2, 0.25) is 0 Å². The van der Waals surface area contributed by atoms with Crippen molar-refractivity contribution in [3.63, 3.8) is 0 Å². The Hall–Kier alpha value is -3.26. The number of halogens is 3. The Bertz CT molecular complexity index is 1220. The molecule has 0 saturated heterocycles. The minimum Gasteiger partial charge on any atom is -0.406 e. The minimum atomic E-state index is -4.72. The SMILES string of the molecule is CCn1c2ccccc2c2cc(NC(=S)Nc3ccc(OC(F)(F)F)cc3)ccc21. The molecule has 1 aromatic heterocycles. The zero-order valence-corrected chi connectivity index (χ0v) is 16.8. The fraction of sp³-hybridized carbons (Fsp3) is 0.136. The second-order valence-electron chi connectivity index (χ2n) is 6.64. The summed E-state index contributed by atoms with van der Waals surface area (Å²) in [6.45, 7) is 2.98. The van der Waals surface area contributed by atoms with Gasteiger partial charge in [0.2, 0.25) is 0 Å². The fourth-order valence-corrected chi connectivity index (χ4v) is 3.74. The molecule has 3 aromatic carbocycles. The van der Waals surface area contributed by atoms with Gasteiger partial charge in [0, 0.05) is 39.7 Å². The number of aromatic nitrogens is 1. The van der Waals surface area contributed by atoms with E-state index in [4.69, 9.17) is 12.2 Å². The van der Waals surface area contributed by atoms with Crippen molar-refractivity contribution in [2.45, 2.75) is 19.8 Å². The normalized spacial score (nSPS) is 11.6. The number of para-hydroxylation sites is 1. The highest BCUT2D eigenvalue weighted by Gasteiger charge is 2.30. The lowest BCUT2D eigenvalue weighted by molar-refractivity contribution is -0.274. The highest BCUT2D eigenvalue weighted by atomic mass is 32.1. The van der Waals surface area contributed by atoms with Gasteiger partial charge in [-0.1, -0.05) is 18.2 Å². The third-order valence-corrected chi connectivity index (χ3v) is 4.90. The molecule has 0 atom stereocenters. The summed E-state index contributed by atoms with van der Waals surface area (Å²) in [6, 6.07) is 19.6. The second kappa shape index (κ2) is 7.87. The molecule has 8 heteroatoms. The van der Waals surface area contributed by atoms with Gasteiger partial charge in [-0.15, -0.1) is 13.2 Å². The predicted octanol–water partition coefficient (Wildman–Crippen LogP) is 6.52. The third-order valence-electron chi connectivity index (χ3n) is 4.69.